The number of hydrogen-bond acceptors (Lipinski definition) is 3. The predicted octanol–water partition coefficient (Wildman–Crippen LogP) is 1.14. The van der Waals surface area contributed by atoms with Crippen molar-refractivity contribution in [1.82, 2.24) is 0 Å². The van der Waals surface area contributed by atoms with E-state index in [-0.39, 0.29) is 0 Å². The van der Waals surface area contributed by atoms with Gasteiger partial charge in [0, 0.05) is 5.02 Å². The molecule has 0 radical (unpaired) electrons. The first kappa shape index (κ1) is 7.64. The van der Waals surface area contributed by atoms with Crippen LogP contribution in [0.1, 0.15) is 0 Å². The maximum absolute atomic E-state index is 5.80. The lowest BCUT2D eigenvalue weighted by Crippen LogP contribution is -2.45. The van der Waals surface area contributed by atoms with E-state index < -0.39 is 0 Å². The van der Waals surface area contributed by atoms with Crippen LogP contribution in [0, 0.1) is 0 Å². The highest BCUT2D eigenvalue weighted by atomic mass is 35.5. The van der Waals surface area contributed by atoms with Crippen LogP contribution >= 0.6 is 22.9 Å². The topological polar surface area (TPSA) is 55.9 Å². The SMILES string of the molecule is Nc1sc2cc(Cl)ccc2[n+]1N. The molecule has 5 heteroatoms. The molecule has 0 amide bonds. The number of halogens is 1. The summed E-state index contributed by atoms with van der Waals surface area (Å²) in [6.07, 6.45) is 0. The van der Waals surface area contributed by atoms with E-state index in [4.69, 9.17) is 23.2 Å². The second kappa shape index (κ2) is 2.50. The van der Waals surface area contributed by atoms with Gasteiger partial charge in [0.05, 0.1) is 4.70 Å². The van der Waals surface area contributed by atoms with E-state index in [9.17, 15) is 0 Å². The summed E-state index contributed by atoms with van der Waals surface area (Å²) in [5, 5.41) is 1.27. The van der Waals surface area contributed by atoms with Crippen LogP contribution in [0.5, 0.6) is 0 Å². The molecule has 1 aromatic carbocycles. The lowest BCUT2D eigenvalue weighted by molar-refractivity contribution is -0.591. The molecule has 0 bridgehead atoms. The second-order valence-electron chi connectivity index (χ2n) is 2.42. The number of nitrogens with two attached hydrogens (primary N) is 2. The van der Waals surface area contributed by atoms with Gasteiger partial charge in [-0.2, -0.15) is 0 Å². The van der Waals surface area contributed by atoms with E-state index in [1.165, 1.54) is 16.0 Å². The number of anilines is 1. The first-order chi connectivity index (χ1) is 5.68. The molecule has 12 heavy (non-hydrogen) atoms. The van der Waals surface area contributed by atoms with Crippen molar-refractivity contribution in [2.75, 3.05) is 11.6 Å². The predicted molar refractivity (Wildman–Crippen MR) is 51.6 cm³/mol. The Bertz CT molecular complexity index is 437. The van der Waals surface area contributed by atoms with E-state index in [1.54, 1.807) is 6.07 Å². The number of nitrogen functional groups attached to an aromatic ring is 2. The Balaban J connectivity index is 2.87. The van der Waals surface area contributed by atoms with Gasteiger partial charge in [-0.1, -0.05) is 11.6 Å². The molecule has 2 aromatic rings. The van der Waals surface area contributed by atoms with Crippen LogP contribution in [0.2, 0.25) is 5.02 Å². The lowest BCUT2D eigenvalue weighted by Gasteiger charge is -1.88. The molecule has 2 rings (SSSR count). The van der Waals surface area contributed by atoms with Crippen LogP contribution in [-0.4, -0.2) is 0 Å². The molecule has 0 saturated heterocycles. The fourth-order valence-corrected chi connectivity index (χ4v) is 2.16. The Morgan fingerprint density at radius 1 is 1.42 bits per heavy atom. The minimum Gasteiger partial charge on any atom is -0.276 e. The zero-order chi connectivity index (χ0) is 8.72. The molecule has 1 aromatic heterocycles. The Labute approximate surface area is 78.1 Å². The zero-order valence-electron chi connectivity index (χ0n) is 6.12. The van der Waals surface area contributed by atoms with E-state index in [0.29, 0.717) is 10.2 Å². The van der Waals surface area contributed by atoms with Crippen molar-refractivity contribution in [2.45, 2.75) is 0 Å². The summed E-state index contributed by atoms with van der Waals surface area (Å²) in [7, 11) is 0. The van der Waals surface area contributed by atoms with Gasteiger partial charge in [0.1, 0.15) is 0 Å². The molecule has 0 aliphatic heterocycles. The normalized spacial score (nSPS) is 10.8. The Morgan fingerprint density at radius 2 is 2.17 bits per heavy atom. The minimum atomic E-state index is 0.576. The van der Waals surface area contributed by atoms with Crippen molar-refractivity contribution in [2.24, 2.45) is 0 Å². The number of aromatic nitrogens is 1. The summed E-state index contributed by atoms with van der Waals surface area (Å²) in [4.78, 5) is 0. The van der Waals surface area contributed by atoms with Gasteiger partial charge in [0.25, 0.3) is 0 Å². The van der Waals surface area contributed by atoms with Gasteiger partial charge in [-0.05, 0) is 29.5 Å². The van der Waals surface area contributed by atoms with E-state index >= 15 is 0 Å². The third kappa shape index (κ3) is 1.00. The maximum Gasteiger partial charge on any atom is 0.356 e. The monoisotopic (exact) mass is 200 g/mol. The van der Waals surface area contributed by atoms with Gasteiger partial charge in [0.15, 0.2) is 5.52 Å². The maximum atomic E-state index is 5.80. The number of benzene rings is 1. The van der Waals surface area contributed by atoms with Crippen LogP contribution in [0.4, 0.5) is 5.13 Å². The summed E-state index contributed by atoms with van der Waals surface area (Å²) in [6.45, 7) is 0. The van der Waals surface area contributed by atoms with Crippen molar-refractivity contribution in [3.63, 3.8) is 0 Å². The quantitative estimate of drug-likeness (QED) is 0.495. The van der Waals surface area contributed by atoms with Crippen molar-refractivity contribution in [1.29, 1.82) is 0 Å². The second-order valence-corrected chi connectivity index (χ2v) is 3.92. The molecule has 0 aliphatic carbocycles. The summed E-state index contributed by atoms with van der Waals surface area (Å²) in [6, 6.07) is 5.49. The van der Waals surface area contributed by atoms with Crippen molar-refractivity contribution in [3.8, 4) is 0 Å². The molecule has 0 unspecified atom stereocenters. The van der Waals surface area contributed by atoms with E-state index in [1.807, 2.05) is 12.1 Å². The van der Waals surface area contributed by atoms with Gasteiger partial charge in [-0.25, -0.2) is 0 Å². The first-order valence-electron chi connectivity index (χ1n) is 3.33. The fraction of sp³-hybridized carbons (Fsp3) is 0. The van der Waals surface area contributed by atoms with Gasteiger partial charge in [-0.15, -0.1) is 4.68 Å². The van der Waals surface area contributed by atoms with Crippen molar-refractivity contribution in [3.05, 3.63) is 23.2 Å². The number of thiazole rings is 1. The smallest absolute Gasteiger partial charge is 0.276 e. The molecule has 0 saturated carbocycles. The van der Waals surface area contributed by atoms with Crippen LogP contribution in [0.15, 0.2) is 18.2 Å². The highest BCUT2D eigenvalue weighted by Gasteiger charge is 2.11. The van der Waals surface area contributed by atoms with Crippen LogP contribution < -0.4 is 16.3 Å². The highest BCUT2D eigenvalue weighted by molar-refractivity contribution is 7.21. The van der Waals surface area contributed by atoms with Crippen LogP contribution in [-0.2, 0) is 0 Å². The van der Waals surface area contributed by atoms with Gasteiger partial charge in [-0.3, -0.25) is 11.6 Å². The van der Waals surface area contributed by atoms with Crippen molar-refractivity contribution >= 4 is 38.3 Å². The number of rotatable bonds is 0. The average molecular weight is 201 g/mol. The zero-order valence-corrected chi connectivity index (χ0v) is 7.69. The molecule has 0 aliphatic rings. The largest absolute Gasteiger partial charge is 0.356 e. The minimum absolute atomic E-state index is 0.576. The third-order valence-corrected chi connectivity index (χ3v) is 2.82. The highest BCUT2D eigenvalue weighted by Crippen LogP contribution is 2.23. The van der Waals surface area contributed by atoms with Crippen LogP contribution in [0.25, 0.3) is 10.2 Å². The Kier molecular flexibility index (Phi) is 1.59. The van der Waals surface area contributed by atoms with Gasteiger partial charge in [0.2, 0.25) is 0 Å². The summed E-state index contributed by atoms with van der Waals surface area (Å²) < 4.78 is 2.46. The number of fused-ring (bicyclic) bond motifs is 1. The number of nitrogens with zero attached hydrogens (tertiary/aromatic N) is 1. The molecular weight excluding hydrogens is 194 g/mol. The summed E-state index contributed by atoms with van der Waals surface area (Å²) in [5.41, 5.74) is 6.52. The van der Waals surface area contributed by atoms with E-state index in [0.717, 1.165) is 10.2 Å². The van der Waals surface area contributed by atoms with Gasteiger partial charge >= 0.3 is 5.13 Å². The molecule has 0 atom stereocenters. The molecule has 3 nitrogen and oxygen atoms in total. The first-order valence-corrected chi connectivity index (χ1v) is 4.52. The standard InChI is InChI=1S/C7H6ClN3S/c8-4-1-2-5-6(3-4)12-7(9)11(5)10/h1-3,9H,10H2/p+1. The summed E-state index contributed by atoms with van der Waals surface area (Å²) in [5.74, 6) is 5.65. The molecule has 62 valence electrons. The Morgan fingerprint density at radius 3 is 2.92 bits per heavy atom. The molecular formula is C7H7ClN3S+. The molecule has 0 spiro atoms. The average Bonchev–Trinajstić information content (AvgIpc) is 2.28. The third-order valence-electron chi connectivity index (χ3n) is 1.63. The fourth-order valence-electron chi connectivity index (χ4n) is 1.05. The Hall–Kier alpha value is -1.00. The van der Waals surface area contributed by atoms with Crippen molar-refractivity contribution < 1.29 is 4.68 Å². The number of hydrogen-bond donors (Lipinski definition) is 2. The molecule has 0 fully saturated rings. The molecule has 1 heterocycles. The summed E-state index contributed by atoms with van der Waals surface area (Å²) >= 11 is 7.22. The lowest BCUT2D eigenvalue weighted by atomic mass is 10.3. The van der Waals surface area contributed by atoms with Gasteiger partial charge < -0.3 is 0 Å². The van der Waals surface area contributed by atoms with Crippen LogP contribution in [0.3, 0.4) is 0 Å². The molecule has 4 N–H and O–H groups in total. The van der Waals surface area contributed by atoms with E-state index in [2.05, 4.69) is 0 Å².